The summed E-state index contributed by atoms with van der Waals surface area (Å²) in [5.74, 6) is 1.72. The standard InChI is InChI=1S/C19H16N4/c1-2-4-15(5-3-1)19-20-11-10-17(23-19)14-6-8-16(9-7-14)18-21-12-13-22-18/h1-11H,12-13H2,(H,21,22). The number of nitrogens with zero attached hydrogens (tertiary/aromatic N) is 3. The average Bonchev–Trinajstić information content (AvgIpc) is 3.17. The summed E-state index contributed by atoms with van der Waals surface area (Å²) in [6.07, 6.45) is 1.81. The van der Waals surface area contributed by atoms with Crippen molar-refractivity contribution in [3.05, 3.63) is 72.4 Å². The Balaban J connectivity index is 1.65. The van der Waals surface area contributed by atoms with Gasteiger partial charge in [0.2, 0.25) is 0 Å². The molecular weight excluding hydrogens is 284 g/mol. The number of hydrogen-bond donors (Lipinski definition) is 1. The molecule has 4 rings (SSSR count). The molecule has 0 fully saturated rings. The summed E-state index contributed by atoms with van der Waals surface area (Å²) in [5.41, 5.74) is 4.14. The van der Waals surface area contributed by atoms with Crippen molar-refractivity contribution in [2.24, 2.45) is 4.99 Å². The van der Waals surface area contributed by atoms with Crippen LogP contribution in [-0.4, -0.2) is 28.9 Å². The van der Waals surface area contributed by atoms with Gasteiger partial charge in [-0.3, -0.25) is 4.99 Å². The first-order chi connectivity index (χ1) is 11.4. The Kier molecular flexibility index (Phi) is 3.56. The first kappa shape index (κ1) is 13.6. The summed E-state index contributed by atoms with van der Waals surface area (Å²) in [6.45, 7) is 1.77. The number of amidine groups is 1. The van der Waals surface area contributed by atoms with Gasteiger partial charge in [0.05, 0.1) is 12.2 Å². The fourth-order valence-corrected chi connectivity index (χ4v) is 2.64. The number of benzene rings is 2. The van der Waals surface area contributed by atoms with Crippen LogP contribution in [0.3, 0.4) is 0 Å². The number of nitrogens with one attached hydrogen (secondary N) is 1. The van der Waals surface area contributed by atoms with Gasteiger partial charge in [-0.05, 0) is 6.07 Å². The Labute approximate surface area is 135 Å². The largest absolute Gasteiger partial charge is 0.368 e. The van der Waals surface area contributed by atoms with Gasteiger partial charge < -0.3 is 5.32 Å². The van der Waals surface area contributed by atoms with Gasteiger partial charge >= 0.3 is 0 Å². The fourth-order valence-electron chi connectivity index (χ4n) is 2.64. The molecule has 1 N–H and O–H groups in total. The van der Waals surface area contributed by atoms with Gasteiger partial charge in [-0.25, -0.2) is 9.97 Å². The van der Waals surface area contributed by atoms with Crippen LogP contribution in [0.5, 0.6) is 0 Å². The molecule has 0 aliphatic carbocycles. The van der Waals surface area contributed by atoms with Crippen molar-refractivity contribution >= 4 is 5.84 Å². The minimum absolute atomic E-state index is 0.744. The van der Waals surface area contributed by atoms with Crippen LogP contribution in [0.15, 0.2) is 71.9 Å². The molecule has 0 spiro atoms. The zero-order chi connectivity index (χ0) is 15.5. The molecule has 1 aliphatic heterocycles. The van der Waals surface area contributed by atoms with Crippen molar-refractivity contribution in [3.8, 4) is 22.6 Å². The predicted octanol–water partition coefficient (Wildman–Crippen LogP) is 3.16. The van der Waals surface area contributed by atoms with E-state index in [0.29, 0.717) is 0 Å². The average molecular weight is 300 g/mol. The molecule has 1 aliphatic rings. The maximum absolute atomic E-state index is 4.68. The first-order valence-electron chi connectivity index (χ1n) is 7.68. The smallest absolute Gasteiger partial charge is 0.159 e. The molecule has 0 saturated heterocycles. The Bertz CT molecular complexity index is 839. The van der Waals surface area contributed by atoms with E-state index in [2.05, 4.69) is 44.5 Å². The molecule has 4 heteroatoms. The molecule has 0 bridgehead atoms. The lowest BCUT2D eigenvalue weighted by atomic mass is 10.1. The predicted molar refractivity (Wildman–Crippen MR) is 92.3 cm³/mol. The monoisotopic (exact) mass is 300 g/mol. The molecule has 0 atom stereocenters. The van der Waals surface area contributed by atoms with E-state index in [1.165, 1.54) is 0 Å². The number of aliphatic imine (C=N–C) groups is 1. The van der Waals surface area contributed by atoms with E-state index in [1.807, 2.05) is 36.4 Å². The Morgan fingerprint density at radius 1 is 0.783 bits per heavy atom. The summed E-state index contributed by atoms with van der Waals surface area (Å²) >= 11 is 0. The lowest BCUT2D eigenvalue weighted by Gasteiger charge is -2.06. The minimum Gasteiger partial charge on any atom is -0.368 e. The van der Waals surface area contributed by atoms with E-state index < -0.39 is 0 Å². The fraction of sp³-hybridized carbons (Fsp3) is 0.105. The maximum Gasteiger partial charge on any atom is 0.159 e. The molecule has 0 saturated carbocycles. The minimum atomic E-state index is 0.744. The second kappa shape index (κ2) is 6.01. The van der Waals surface area contributed by atoms with Crippen molar-refractivity contribution in [1.82, 2.24) is 15.3 Å². The lowest BCUT2D eigenvalue weighted by molar-refractivity contribution is 0.960. The SMILES string of the molecule is c1ccc(-c2nccc(-c3ccc(C4=NCCN4)cc3)n2)cc1. The van der Waals surface area contributed by atoms with E-state index in [1.54, 1.807) is 6.20 Å². The summed E-state index contributed by atoms with van der Waals surface area (Å²) in [6, 6.07) is 20.3. The molecule has 2 heterocycles. The summed E-state index contributed by atoms with van der Waals surface area (Å²) < 4.78 is 0. The second-order valence-corrected chi connectivity index (χ2v) is 5.37. The van der Waals surface area contributed by atoms with Crippen molar-refractivity contribution in [1.29, 1.82) is 0 Å². The molecule has 23 heavy (non-hydrogen) atoms. The third-order valence-corrected chi connectivity index (χ3v) is 3.82. The summed E-state index contributed by atoms with van der Waals surface area (Å²) in [5, 5.41) is 3.29. The highest BCUT2D eigenvalue weighted by Gasteiger charge is 2.09. The Hall–Kier alpha value is -3.01. The van der Waals surface area contributed by atoms with Gasteiger partial charge in [-0.15, -0.1) is 0 Å². The van der Waals surface area contributed by atoms with E-state index >= 15 is 0 Å². The number of hydrogen-bond acceptors (Lipinski definition) is 4. The molecule has 4 nitrogen and oxygen atoms in total. The lowest BCUT2D eigenvalue weighted by Crippen LogP contribution is -2.19. The molecule has 3 aromatic rings. The normalized spacial score (nSPS) is 13.5. The molecule has 1 aromatic heterocycles. The van der Waals surface area contributed by atoms with Gasteiger partial charge in [0.25, 0.3) is 0 Å². The van der Waals surface area contributed by atoms with Crippen LogP contribution in [0.4, 0.5) is 0 Å². The van der Waals surface area contributed by atoms with Crippen LogP contribution in [0.2, 0.25) is 0 Å². The molecule has 0 unspecified atom stereocenters. The van der Waals surface area contributed by atoms with Crippen molar-refractivity contribution in [2.75, 3.05) is 13.1 Å². The highest BCUT2D eigenvalue weighted by Crippen LogP contribution is 2.21. The molecule has 2 aromatic carbocycles. The quantitative estimate of drug-likeness (QED) is 0.808. The highest BCUT2D eigenvalue weighted by molar-refractivity contribution is 6.00. The molecule has 0 amide bonds. The zero-order valence-corrected chi connectivity index (χ0v) is 12.6. The van der Waals surface area contributed by atoms with E-state index in [9.17, 15) is 0 Å². The van der Waals surface area contributed by atoms with Crippen LogP contribution < -0.4 is 5.32 Å². The van der Waals surface area contributed by atoms with E-state index in [-0.39, 0.29) is 0 Å². The third kappa shape index (κ3) is 2.83. The van der Waals surface area contributed by atoms with Crippen LogP contribution in [0, 0.1) is 0 Å². The van der Waals surface area contributed by atoms with Crippen LogP contribution in [-0.2, 0) is 0 Å². The molecule has 0 radical (unpaired) electrons. The Morgan fingerprint density at radius 3 is 2.30 bits per heavy atom. The summed E-state index contributed by atoms with van der Waals surface area (Å²) in [4.78, 5) is 13.5. The van der Waals surface area contributed by atoms with Gasteiger partial charge in [0.1, 0.15) is 5.84 Å². The van der Waals surface area contributed by atoms with E-state index in [0.717, 1.165) is 47.1 Å². The van der Waals surface area contributed by atoms with Crippen LogP contribution in [0.25, 0.3) is 22.6 Å². The van der Waals surface area contributed by atoms with Gasteiger partial charge in [-0.2, -0.15) is 0 Å². The topological polar surface area (TPSA) is 50.2 Å². The third-order valence-electron chi connectivity index (χ3n) is 3.82. The maximum atomic E-state index is 4.68. The highest BCUT2D eigenvalue weighted by atomic mass is 15.1. The number of aromatic nitrogens is 2. The van der Waals surface area contributed by atoms with Gasteiger partial charge in [0, 0.05) is 29.4 Å². The zero-order valence-electron chi connectivity index (χ0n) is 12.6. The van der Waals surface area contributed by atoms with E-state index in [4.69, 9.17) is 0 Å². The van der Waals surface area contributed by atoms with Crippen molar-refractivity contribution < 1.29 is 0 Å². The number of rotatable bonds is 3. The molecular formula is C19H16N4. The molecule has 112 valence electrons. The van der Waals surface area contributed by atoms with Gasteiger partial charge in [-0.1, -0.05) is 54.6 Å². The van der Waals surface area contributed by atoms with Crippen molar-refractivity contribution in [3.63, 3.8) is 0 Å². The van der Waals surface area contributed by atoms with Crippen LogP contribution >= 0.6 is 0 Å². The summed E-state index contributed by atoms with van der Waals surface area (Å²) in [7, 11) is 0. The van der Waals surface area contributed by atoms with Crippen LogP contribution in [0.1, 0.15) is 5.56 Å². The first-order valence-corrected chi connectivity index (χ1v) is 7.68. The van der Waals surface area contributed by atoms with Gasteiger partial charge in [0.15, 0.2) is 5.82 Å². The second-order valence-electron chi connectivity index (χ2n) is 5.37. The van der Waals surface area contributed by atoms with Crippen molar-refractivity contribution in [2.45, 2.75) is 0 Å². The Morgan fingerprint density at radius 2 is 1.57 bits per heavy atom.